The number of aromatic amines is 1. The Bertz CT molecular complexity index is 587. The van der Waals surface area contributed by atoms with Crippen LogP contribution < -0.4 is 5.32 Å². The van der Waals surface area contributed by atoms with Gasteiger partial charge in [-0.15, -0.1) is 11.6 Å². The topological polar surface area (TPSA) is 57.8 Å². The average Bonchev–Trinajstić information content (AvgIpc) is 2.87. The standard InChI is InChI=1S/C15H18ClN3O/c1-15(2,3)11-9-12(19-18-11)17-14(20)13(16)10-7-5-4-6-8-10/h4-9,13H,1-3H3,(H2,17,18,19,20). The summed E-state index contributed by atoms with van der Waals surface area (Å²) in [5, 5.41) is 8.99. The van der Waals surface area contributed by atoms with Gasteiger partial charge in [-0.3, -0.25) is 9.89 Å². The van der Waals surface area contributed by atoms with E-state index in [1.54, 1.807) is 0 Å². The number of amides is 1. The van der Waals surface area contributed by atoms with Crippen LogP contribution in [0.5, 0.6) is 0 Å². The van der Waals surface area contributed by atoms with Gasteiger partial charge in [0.2, 0.25) is 5.91 Å². The normalized spacial score (nSPS) is 13.0. The summed E-state index contributed by atoms with van der Waals surface area (Å²) in [6.07, 6.45) is 0. The van der Waals surface area contributed by atoms with Gasteiger partial charge in [0.05, 0.1) is 0 Å². The van der Waals surface area contributed by atoms with Gasteiger partial charge in [0.15, 0.2) is 5.82 Å². The van der Waals surface area contributed by atoms with Crippen molar-refractivity contribution in [3.05, 3.63) is 47.7 Å². The number of H-pyrrole nitrogens is 1. The highest BCUT2D eigenvalue weighted by Gasteiger charge is 2.20. The zero-order valence-corrected chi connectivity index (χ0v) is 12.5. The first kappa shape index (κ1) is 14.6. The van der Waals surface area contributed by atoms with Crippen LogP contribution in [-0.4, -0.2) is 16.1 Å². The highest BCUT2D eigenvalue weighted by molar-refractivity contribution is 6.32. The summed E-state index contributed by atoms with van der Waals surface area (Å²) in [6.45, 7) is 6.21. The summed E-state index contributed by atoms with van der Waals surface area (Å²) in [5.41, 5.74) is 1.67. The van der Waals surface area contributed by atoms with E-state index in [2.05, 4.69) is 36.3 Å². The highest BCUT2D eigenvalue weighted by Crippen LogP contribution is 2.24. The molecule has 20 heavy (non-hydrogen) atoms. The molecule has 1 aromatic heterocycles. The smallest absolute Gasteiger partial charge is 0.248 e. The first-order valence-electron chi connectivity index (χ1n) is 6.43. The van der Waals surface area contributed by atoms with E-state index in [0.717, 1.165) is 11.3 Å². The van der Waals surface area contributed by atoms with E-state index < -0.39 is 5.38 Å². The fourth-order valence-electron chi connectivity index (χ4n) is 1.73. The molecule has 1 aromatic carbocycles. The number of benzene rings is 1. The molecule has 0 radical (unpaired) electrons. The first-order chi connectivity index (χ1) is 9.38. The van der Waals surface area contributed by atoms with Gasteiger partial charge in [-0.2, -0.15) is 5.10 Å². The lowest BCUT2D eigenvalue weighted by molar-refractivity contribution is -0.116. The third-order valence-corrected chi connectivity index (χ3v) is 3.41. The molecular weight excluding hydrogens is 274 g/mol. The zero-order valence-electron chi connectivity index (χ0n) is 11.8. The van der Waals surface area contributed by atoms with E-state index in [1.165, 1.54) is 0 Å². The number of hydrogen-bond donors (Lipinski definition) is 2. The number of carbonyl (C=O) groups is 1. The summed E-state index contributed by atoms with van der Waals surface area (Å²) >= 11 is 6.15. The summed E-state index contributed by atoms with van der Waals surface area (Å²) < 4.78 is 0. The highest BCUT2D eigenvalue weighted by atomic mass is 35.5. The maximum absolute atomic E-state index is 12.1. The van der Waals surface area contributed by atoms with Crippen LogP contribution in [0.4, 0.5) is 5.82 Å². The number of carbonyl (C=O) groups excluding carboxylic acids is 1. The summed E-state index contributed by atoms with van der Waals surface area (Å²) in [6, 6.07) is 11.1. The quantitative estimate of drug-likeness (QED) is 0.849. The molecule has 5 heteroatoms. The van der Waals surface area contributed by atoms with Crippen LogP contribution in [0.1, 0.15) is 37.4 Å². The van der Waals surface area contributed by atoms with Gasteiger partial charge < -0.3 is 5.32 Å². The van der Waals surface area contributed by atoms with E-state index in [-0.39, 0.29) is 11.3 Å². The van der Waals surface area contributed by atoms with E-state index in [4.69, 9.17) is 11.6 Å². The molecule has 1 atom stereocenters. The molecule has 0 aliphatic rings. The number of nitrogens with zero attached hydrogens (tertiary/aromatic N) is 1. The lowest BCUT2D eigenvalue weighted by Gasteiger charge is -2.14. The van der Waals surface area contributed by atoms with Gasteiger partial charge in [-0.25, -0.2) is 0 Å². The van der Waals surface area contributed by atoms with Crippen molar-refractivity contribution in [2.45, 2.75) is 31.6 Å². The van der Waals surface area contributed by atoms with Crippen molar-refractivity contribution >= 4 is 23.3 Å². The molecule has 0 spiro atoms. The Kier molecular flexibility index (Phi) is 4.14. The molecule has 0 aliphatic carbocycles. The van der Waals surface area contributed by atoms with E-state index in [9.17, 15) is 4.79 Å². The van der Waals surface area contributed by atoms with Crippen molar-refractivity contribution in [3.8, 4) is 0 Å². The molecular formula is C15H18ClN3O. The summed E-state index contributed by atoms with van der Waals surface area (Å²) in [4.78, 5) is 12.1. The second-order valence-electron chi connectivity index (χ2n) is 5.68. The molecule has 0 saturated heterocycles. The Morgan fingerprint density at radius 3 is 2.50 bits per heavy atom. The molecule has 0 aliphatic heterocycles. The minimum absolute atomic E-state index is 0.0459. The average molecular weight is 292 g/mol. The molecule has 0 fully saturated rings. The maximum atomic E-state index is 12.1. The van der Waals surface area contributed by atoms with Gasteiger partial charge in [0.1, 0.15) is 5.38 Å². The van der Waals surface area contributed by atoms with Crippen LogP contribution in [0, 0.1) is 0 Å². The third kappa shape index (κ3) is 3.39. The molecule has 2 aromatic rings. The third-order valence-electron chi connectivity index (χ3n) is 2.96. The van der Waals surface area contributed by atoms with Gasteiger partial charge in [-0.05, 0) is 5.56 Å². The number of aromatic nitrogens is 2. The molecule has 1 unspecified atom stereocenters. The fourth-order valence-corrected chi connectivity index (χ4v) is 1.93. The van der Waals surface area contributed by atoms with Gasteiger partial charge in [-0.1, -0.05) is 51.1 Å². The molecule has 2 N–H and O–H groups in total. The van der Waals surface area contributed by atoms with Gasteiger partial charge >= 0.3 is 0 Å². The molecule has 1 heterocycles. The minimum atomic E-state index is -0.731. The number of nitrogens with one attached hydrogen (secondary N) is 2. The van der Waals surface area contributed by atoms with Crippen LogP contribution in [-0.2, 0) is 10.2 Å². The van der Waals surface area contributed by atoms with E-state index in [1.807, 2.05) is 36.4 Å². The molecule has 1 amide bonds. The summed E-state index contributed by atoms with van der Waals surface area (Å²) in [5.74, 6) is 0.200. The van der Waals surface area contributed by atoms with Crippen molar-refractivity contribution in [3.63, 3.8) is 0 Å². The van der Waals surface area contributed by atoms with Crippen LogP contribution in [0.25, 0.3) is 0 Å². The first-order valence-corrected chi connectivity index (χ1v) is 6.87. The Labute approximate surface area is 123 Å². The van der Waals surface area contributed by atoms with Crippen molar-refractivity contribution < 1.29 is 4.79 Å². The Hall–Kier alpha value is -1.81. The lowest BCUT2D eigenvalue weighted by Crippen LogP contribution is -2.17. The number of anilines is 1. The Morgan fingerprint density at radius 1 is 1.30 bits per heavy atom. The molecule has 2 rings (SSSR count). The minimum Gasteiger partial charge on any atom is -0.308 e. The Morgan fingerprint density at radius 2 is 1.95 bits per heavy atom. The Balaban J connectivity index is 2.07. The van der Waals surface area contributed by atoms with Crippen LogP contribution >= 0.6 is 11.6 Å². The molecule has 106 valence electrons. The predicted octanol–water partition coefficient (Wildman–Crippen LogP) is 3.63. The fraction of sp³-hybridized carbons (Fsp3) is 0.333. The van der Waals surface area contributed by atoms with Crippen molar-refractivity contribution in [2.75, 3.05) is 5.32 Å². The van der Waals surface area contributed by atoms with Gasteiger partial charge in [0.25, 0.3) is 0 Å². The second kappa shape index (κ2) is 5.67. The van der Waals surface area contributed by atoms with E-state index in [0.29, 0.717) is 5.82 Å². The van der Waals surface area contributed by atoms with Crippen molar-refractivity contribution in [1.82, 2.24) is 10.2 Å². The summed E-state index contributed by atoms with van der Waals surface area (Å²) in [7, 11) is 0. The van der Waals surface area contributed by atoms with Crippen molar-refractivity contribution in [1.29, 1.82) is 0 Å². The van der Waals surface area contributed by atoms with Crippen LogP contribution in [0.3, 0.4) is 0 Å². The van der Waals surface area contributed by atoms with E-state index >= 15 is 0 Å². The monoisotopic (exact) mass is 291 g/mol. The second-order valence-corrected chi connectivity index (χ2v) is 6.12. The van der Waals surface area contributed by atoms with Gasteiger partial charge in [0, 0.05) is 17.2 Å². The predicted molar refractivity (Wildman–Crippen MR) is 81.0 cm³/mol. The number of halogens is 1. The maximum Gasteiger partial charge on any atom is 0.248 e. The SMILES string of the molecule is CC(C)(C)c1cc(NC(=O)C(Cl)c2ccccc2)n[nH]1. The zero-order chi connectivity index (χ0) is 14.8. The number of alkyl halides is 1. The lowest BCUT2D eigenvalue weighted by atomic mass is 9.92. The molecule has 4 nitrogen and oxygen atoms in total. The molecule has 0 bridgehead atoms. The largest absolute Gasteiger partial charge is 0.308 e. The van der Waals surface area contributed by atoms with Crippen LogP contribution in [0.15, 0.2) is 36.4 Å². The van der Waals surface area contributed by atoms with Crippen molar-refractivity contribution in [2.24, 2.45) is 0 Å². The number of hydrogen-bond acceptors (Lipinski definition) is 2. The van der Waals surface area contributed by atoms with Crippen LogP contribution in [0.2, 0.25) is 0 Å². The number of rotatable bonds is 3. The molecule has 0 saturated carbocycles.